The standard InChI is InChI=1S/C20H22FN3O2S.2ClH/c1-13(17-12-24(22-2)27-19(17)20(25)23-26-3)15-9-10-16(18(21)11-15)14-7-5-4-6-8-14;;/h4-11,13,22H,12H2,1-3H3,(H,23,25);2*1H. The molecule has 1 aliphatic rings. The summed E-state index contributed by atoms with van der Waals surface area (Å²) in [6, 6.07) is 14.7. The summed E-state index contributed by atoms with van der Waals surface area (Å²) in [6.45, 7) is 2.53. The minimum Gasteiger partial charge on any atom is -0.277 e. The fourth-order valence-electron chi connectivity index (χ4n) is 3.07. The van der Waals surface area contributed by atoms with Crippen molar-refractivity contribution in [2.24, 2.45) is 0 Å². The summed E-state index contributed by atoms with van der Waals surface area (Å²) in [6.07, 6.45) is 0. The fraction of sp³-hybridized carbons (Fsp3) is 0.250. The molecule has 9 heteroatoms. The van der Waals surface area contributed by atoms with Crippen LogP contribution in [0.25, 0.3) is 11.1 Å². The molecule has 29 heavy (non-hydrogen) atoms. The molecule has 3 rings (SSSR count). The number of hydrazine groups is 1. The first-order chi connectivity index (χ1) is 13.0. The molecule has 1 atom stereocenters. The number of carbonyl (C=O) groups excluding carboxylic acids is 1. The molecule has 0 aromatic heterocycles. The molecule has 0 bridgehead atoms. The molecule has 2 N–H and O–H groups in total. The van der Waals surface area contributed by atoms with Gasteiger partial charge in [-0.2, -0.15) is 4.41 Å². The third-order valence-corrected chi connectivity index (χ3v) is 5.72. The molecule has 158 valence electrons. The molecule has 0 aliphatic carbocycles. The van der Waals surface area contributed by atoms with Crippen LogP contribution in [0.15, 0.2) is 59.0 Å². The topological polar surface area (TPSA) is 53.6 Å². The Hall–Kier alpha value is -1.61. The van der Waals surface area contributed by atoms with E-state index >= 15 is 0 Å². The fourth-order valence-corrected chi connectivity index (χ4v) is 4.06. The van der Waals surface area contributed by atoms with Crippen molar-refractivity contribution in [2.45, 2.75) is 12.8 Å². The lowest BCUT2D eigenvalue weighted by molar-refractivity contribution is -0.126. The monoisotopic (exact) mass is 459 g/mol. The van der Waals surface area contributed by atoms with E-state index in [0.717, 1.165) is 16.7 Å². The number of amides is 1. The van der Waals surface area contributed by atoms with Crippen LogP contribution < -0.4 is 10.9 Å². The number of nitrogens with one attached hydrogen (secondary N) is 2. The van der Waals surface area contributed by atoms with Gasteiger partial charge in [0.25, 0.3) is 5.91 Å². The second-order valence-corrected chi connectivity index (χ2v) is 7.20. The highest BCUT2D eigenvalue weighted by Gasteiger charge is 2.31. The Morgan fingerprint density at radius 3 is 2.48 bits per heavy atom. The number of nitrogens with zero attached hydrogens (tertiary/aromatic N) is 1. The van der Waals surface area contributed by atoms with Gasteiger partial charge in [-0.3, -0.25) is 9.63 Å². The number of hydrogen-bond donors (Lipinski definition) is 2. The second kappa shape index (κ2) is 11.5. The maximum atomic E-state index is 14.8. The van der Waals surface area contributed by atoms with Crippen LogP contribution in [0, 0.1) is 5.82 Å². The molecule has 1 amide bonds. The number of rotatable bonds is 6. The molecule has 2 aromatic rings. The first-order valence-corrected chi connectivity index (χ1v) is 9.36. The summed E-state index contributed by atoms with van der Waals surface area (Å²) >= 11 is 1.31. The van der Waals surface area contributed by atoms with E-state index in [1.807, 2.05) is 47.7 Å². The predicted octanol–water partition coefficient (Wildman–Crippen LogP) is 4.47. The number of hydroxylamine groups is 1. The largest absolute Gasteiger partial charge is 0.282 e. The molecule has 0 spiro atoms. The maximum absolute atomic E-state index is 14.8. The van der Waals surface area contributed by atoms with Gasteiger partial charge < -0.3 is 0 Å². The van der Waals surface area contributed by atoms with Crippen LogP contribution in [0.4, 0.5) is 4.39 Å². The average Bonchev–Trinajstić information content (AvgIpc) is 3.13. The molecule has 1 aliphatic heterocycles. The maximum Gasteiger partial charge on any atom is 0.282 e. The molecule has 0 fully saturated rings. The normalized spacial score (nSPS) is 14.8. The quantitative estimate of drug-likeness (QED) is 0.492. The smallest absolute Gasteiger partial charge is 0.277 e. The molecule has 2 aromatic carbocycles. The summed E-state index contributed by atoms with van der Waals surface area (Å²) in [5.74, 6) is -0.693. The van der Waals surface area contributed by atoms with Crippen LogP contribution in [-0.4, -0.2) is 31.0 Å². The van der Waals surface area contributed by atoms with Gasteiger partial charge >= 0.3 is 0 Å². The van der Waals surface area contributed by atoms with E-state index in [0.29, 0.717) is 17.0 Å². The van der Waals surface area contributed by atoms with Crippen molar-refractivity contribution in [1.82, 2.24) is 15.3 Å². The van der Waals surface area contributed by atoms with Crippen molar-refractivity contribution in [3.63, 3.8) is 0 Å². The predicted molar refractivity (Wildman–Crippen MR) is 120 cm³/mol. The SMILES string of the molecule is CNN1CC(C(C)c2ccc(-c3ccccc3)c(F)c2)=C(C(=O)NOC)S1.Cl.Cl. The summed E-state index contributed by atoms with van der Waals surface area (Å²) < 4.78 is 16.6. The minimum atomic E-state index is -0.302. The minimum absolute atomic E-state index is 0. The molecule has 0 radical (unpaired) electrons. The highest BCUT2D eigenvalue weighted by atomic mass is 35.5. The van der Waals surface area contributed by atoms with E-state index in [1.165, 1.54) is 19.1 Å². The lowest BCUT2D eigenvalue weighted by Gasteiger charge is -2.17. The van der Waals surface area contributed by atoms with Gasteiger partial charge in [-0.25, -0.2) is 15.3 Å². The van der Waals surface area contributed by atoms with Crippen molar-refractivity contribution < 1.29 is 14.0 Å². The van der Waals surface area contributed by atoms with Gasteiger partial charge in [0.15, 0.2) is 0 Å². The van der Waals surface area contributed by atoms with Gasteiger partial charge in [-0.05, 0) is 41.8 Å². The third kappa shape index (κ3) is 5.72. The second-order valence-electron chi connectivity index (χ2n) is 6.17. The van der Waals surface area contributed by atoms with Gasteiger partial charge in [0.05, 0.1) is 12.0 Å². The number of halogens is 3. The summed E-state index contributed by atoms with van der Waals surface area (Å²) in [5, 5.41) is 0. The summed E-state index contributed by atoms with van der Waals surface area (Å²) in [7, 11) is 3.19. The van der Waals surface area contributed by atoms with Crippen LogP contribution in [0.3, 0.4) is 0 Å². The third-order valence-electron chi connectivity index (χ3n) is 4.56. The molecule has 0 saturated carbocycles. The Morgan fingerprint density at radius 1 is 1.21 bits per heavy atom. The molecular formula is C20H24Cl2FN3O2S. The van der Waals surface area contributed by atoms with Crippen molar-refractivity contribution in [1.29, 1.82) is 0 Å². The van der Waals surface area contributed by atoms with Crippen LogP contribution in [0.2, 0.25) is 0 Å². The van der Waals surface area contributed by atoms with E-state index in [2.05, 4.69) is 10.9 Å². The Labute approximate surface area is 187 Å². The van der Waals surface area contributed by atoms with Crippen LogP contribution in [-0.2, 0) is 9.63 Å². The van der Waals surface area contributed by atoms with Crippen molar-refractivity contribution in [3.8, 4) is 11.1 Å². The highest BCUT2D eigenvalue weighted by Crippen LogP contribution is 2.39. The number of carbonyl (C=O) groups is 1. The number of benzene rings is 2. The van der Waals surface area contributed by atoms with Crippen LogP contribution in [0.5, 0.6) is 0 Å². The molecular weight excluding hydrogens is 436 g/mol. The van der Waals surface area contributed by atoms with Gasteiger partial charge in [0, 0.05) is 18.0 Å². The summed E-state index contributed by atoms with van der Waals surface area (Å²) in [5.41, 5.74) is 8.53. The molecule has 1 heterocycles. The zero-order valence-electron chi connectivity index (χ0n) is 16.3. The van der Waals surface area contributed by atoms with Gasteiger partial charge in [0.2, 0.25) is 0 Å². The van der Waals surface area contributed by atoms with Crippen molar-refractivity contribution >= 4 is 42.7 Å². The molecule has 5 nitrogen and oxygen atoms in total. The van der Waals surface area contributed by atoms with Crippen molar-refractivity contribution in [3.05, 3.63) is 70.4 Å². The Bertz CT molecular complexity index is 868. The van der Waals surface area contributed by atoms with Gasteiger partial charge in [0.1, 0.15) is 5.82 Å². The zero-order chi connectivity index (χ0) is 19.4. The Morgan fingerprint density at radius 2 is 1.90 bits per heavy atom. The lowest BCUT2D eigenvalue weighted by Crippen LogP contribution is -2.27. The molecule has 1 unspecified atom stereocenters. The van der Waals surface area contributed by atoms with E-state index < -0.39 is 0 Å². The van der Waals surface area contributed by atoms with E-state index in [-0.39, 0.29) is 42.5 Å². The van der Waals surface area contributed by atoms with Gasteiger partial charge in [-0.1, -0.05) is 49.4 Å². The summed E-state index contributed by atoms with van der Waals surface area (Å²) in [4.78, 5) is 17.6. The number of hydrogen-bond acceptors (Lipinski definition) is 5. The van der Waals surface area contributed by atoms with Crippen LogP contribution >= 0.6 is 36.8 Å². The first kappa shape index (κ1) is 25.4. The van der Waals surface area contributed by atoms with E-state index in [4.69, 9.17) is 4.84 Å². The lowest BCUT2D eigenvalue weighted by atomic mass is 9.90. The molecule has 0 saturated heterocycles. The highest BCUT2D eigenvalue weighted by molar-refractivity contribution is 8.02. The zero-order valence-corrected chi connectivity index (χ0v) is 18.7. The van der Waals surface area contributed by atoms with E-state index in [9.17, 15) is 9.18 Å². The average molecular weight is 460 g/mol. The first-order valence-electron chi connectivity index (χ1n) is 8.59. The Kier molecular flexibility index (Phi) is 10.1. The van der Waals surface area contributed by atoms with Crippen LogP contribution in [0.1, 0.15) is 18.4 Å². The van der Waals surface area contributed by atoms with Crippen molar-refractivity contribution in [2.75, 3.05) is 20.7 Å². The van der Waals surface area contributed by atoms with E-state index in [1.54, 1.807) is 19.2 Å². The Balaban J connectivity index is 0.00000210. The van der Waals surface area contributed by atoms with Gasteiger partial charge in [-0.15, -0.1) is 24.8 Å².